The predicted molar refractivity (Wildman–Crippen MR) is 61.9 cm³/mol. The summed E-state index contributed by atoms with van der Waals surface area (Å²) in [5, 5.41) is 0. The fourth-order valence-corrected chi connectivity index (χ4v) is 2.42. The van der Waals surface area contributed by atoms with Crippen LogP contribution in [0.3, 0.4) is 0 Å². The molecule has 0 spiro atoms. The topological polar surface area (TPSA) is 56.7 Å². The number of hydrogen-bond acceptors (Lipinski definition) is 3. The van der Waals surface area contributed by atoms with E-state index in [-0.39, 0.29) is 0 Å². The number of nitrogen functional groups attached to an aromatic ring is 1. The first-order chi connectivity index (χ1) is 7.84. The molecule has 0 saturated carbocycles. The molecule has 16 heavy (non-hydrogen) atoms. The van der Waals surface area contributed by atoms with Crippen molar-refractivity contribution < 1.29 is 0 Å². The molecule has 0 saturated heterocycles. The van der Waals surface area contributed by atoms with Crippen LogP contribution in [0.1, 0.15) is 23.6 Å². The highest BCUT2D eigenvalue weighted by Gasteiger charge is 2.21. The molecule has 4 nitrogen and oxygen atoms in total. The molecule has 2 aromatic heterocycles. The smallest absolute Gasteiger partial charge is 0.0948 e. The highest BCUT2D eigenvalue weighted by molar-refractivity contribution is 5.46. The number of anilines is 1. The first kappa shape index (κ1) is 9.39. The number of nitrogens with zero attached hydrogens (tertiary/aromatic N) is 3. The van der Waals surface area contributed by atoms with E-state index in [0.29, 0.717) is 5.92 Å². The Morgan fingerprint density at radius 1 is 1.31 bits per heavy atom. The zero-order chi connectivity index (χ0) is 11.0. The van der Waals surface area contributed by atoms with Gasteiger partial charge in [0, 0.05) is 24.6 Å². The third-order valence-electron chi connectivity index (χ3n) is 3.30. The van der Waals surface area contributed by atoms with Crippen LogP contribution in [0.4, 0.5) is 5.69 Å². The first-order valence-corrected chi connectivity index (χ1v) is 5.53. The molecule has 0 fully saturated rings. The molecule has 2 aromatic rings. The monoisotopic (exact) mass is 214 g/mol. The Labute approximate surface area is 94.1 Å². The minimum Gasteiger partial charge on any atom is -0.397 e. The van der Waals surface area contributed by atoms with Gasteiger partial charge in [-0.1, -0.05) is 0 Å². The number of aromatic nitrogens is 3. The molecule has 0 bridgehead atoms. The van der Waals surface area contributed by atoms with Crippen LogP contribution in [0.15, 0.2) is 31.0 Å². The van der Waals surface area contributed by atoms with Gasteiger partial charge >= 0.3 is 0 Å². The Bertz CT molecular complexity index is 503. The Kier molecular flexibility index (Phi) is 2.13. The summed E-state index contributed by atoms with van der Waals surface area (Å²) in [5.41, 5.74) is 9.29. The molecule has 2 N–H and O–H groups in total. The van der Waals surface area contributed by atoms with Gasteiger partial charge in [0.2, 0.25) is 0 Å². The normalized spacial score (nSPS) is 19.4. The minimum atomic E-state index is 0.507. The number of rotatable bonds is 1. The first-order valence-electron chi connectivity index (χ1n) is 5.53. The third kappa shape index (κ3) is 1.46. The second-order valence-electron chi connectivity index (χ2n) is 4.27. The fourth-order valence-electron chi connectivity index (χ4n) is 2.42. The standard InChI is InChI=1S/C12H14N4/c13-12-7-14-3-1-11(12)9-2-4-16-8-15-6-10(16)5-9/h1,3,6-9H,2,4-5,13H2. The van der Waals surface area contributed by atoms with Gasteiger partial charge in [-0.05, 0) is 30.4 Å². The van der Waals surface area contributed by atoms with Crippen LogP contribution in [-0.4, -0.2) is 14.5 Å². The van der Waals surface area contributed by atoms with E-state index in [9.17, 15) is 0 Å². The molecule has 82 valence electrons. The van der Waals surface area contributed by atoms with Crippen molar-refractivity contribution in [1.82, 2.24) is 14.5 Å². The molecule has 3 heterocycles. The fraction of sp³-hybridized carbons (Fsp3) is 0.333. The van der Waals surface area contributed by atoms with E-state index in [4.69, 9.17) is 5.73 Å². The molecule has 4 heteroatoms. The summed E-state index contributed by atoms with van der Waals surface area (Å²) in [7, 11) is 0. The van der Waals surface area contributed by atoms with Gasteiger partial charge in [-0.2, -0.15) is 0 Å². The molecule has 1 unspecified atom stereocenters. The molecular weight excluding hydrogens is 200 g/mol. The van der Waals surface area contributed by atoms with Crippen molar-refractivity contribution in [2.45, 2.75) is 25.3 Å². The van der Waals surface area contributed by atoms with Gasteiger partial charge in [0.15, 0.2) is 0 Å². The largest absolute Gasteiger partial charge is 0.397 e. The molecule has 1 aliphatic heterocycles. The van der Waals surface area contributed by atoms with Crippen molar-refractivity contribution in [3.05, 3.63) is 42.2 Å². The second-order valence-corrected chi connectivity index (χ2v) is 4.27. The lowest BCUT2D eigenvalue weighted by Crippen LogP contribution is -2.17. The van der Waals surface area contributed by atoms with E-state index in [0.717, 1.165) is 25.1 Å². The van der Waals surface area contributed by atoms with Crippen molar-refractivity contribution in [2.75, 3.05) is 5.73 Å². The number of pyridine rings is 1. The third-order valence-corrected chi connectivity index (χ3v) is 3.30. The Morgan fingerprint density at radius 2 is 2.25 bits per heavy atom. The number of imidazole rings is 1. The molecule has 0 radical (unpaired) electrons. The van der Waals surface area contributed by atoms with Crippen molar-refractivity contribution in [3.63, 3.8) is 0 Å². The number of nitrogens with two attached hydrogens (primary N) is 1. The quantitative estimate of drug-likeness (QED) is 0.784. The molecule has 0 aliphatic carbocycles. The van der Waals surface area contributed by atoms with Crippen LogP contribution in [0.5, 0.6) is 0 Å². The molecule has 0 amide bonds. The number of fused-ring (bicyclic) bond motifs is 1. The van der Waals surface area contributed by atoms with E-state index in [2.05, 4.69) is 14.5 Å². The summed E-state index contributed by atoms with van der Waals surface area (Å²) < 4.78 is 2.22. The van der Waals surface area contributed by atoms with Crippen LogP contribution < -0.4 is 5.73 Å². The van der Waals surface area contributed by atoms with Crippen molar-refractivity contribution in [1.29, 1.82) is 0 Å². The van der Waals surface area contributed by atoms with Gasteiger partial charge < -0.3 is 10.3 Å². The minimum absolute atomic E-state index is 0.507. The summed E-state index contributed by atoms with van der Waals surface area (Å²) >= 11 is 0. The summed E-state index contributed by atoms with van der Waals surface area (Å²) in [6, 6.07) is 2.03. The van der Waals surface area contributed by atoms with E-state index in [1.165, 1.54) is 11.3 Å². The maximum Gasteiger partial charge on any atom is 0.0948 e. The average Bonchev–Trinajstić information content (AvgIpc) is 2.76. The maximum atomic E-state index is 5.96. The number of hydrogen-bond donors (Lipinski definition) is 1. The van der Waals surface area contributed by atoms with Crippen molar-refractivity contribution in [2.24, 2.45) is 0 Å². The lowest BCUT2D eigenvalue weighted by atomic mass is 9.89. The van der Waals surface area contributed by atoms with E-state index < -0.39 is 0 Å². The van der Waals surface area contributed by atoms with Gasteiger partial charge in [0.1, 0.15) is 0 Å². The van der Waals surface area contributed by atoms with Crippen molar-refractivity contribution >= 4 is 5.69 Å². The van der Waals surface area contributed by atoms with Crippen molar-refractivity contribution in [3.8, 4) is 0 Å². The van der Waals surface area contributed by atoms with Crippen LogP contribution in [0.25, 0.3) is 0 Å². The zero-order valence-corrected chi connectivity index (χ0v) is 9.00. The molecular formula is C12H14N4. The second kappa shape index (κ2) is 3.63. The Hall–Kier alpha value is -1.84. The Morgan fingerprint density at radius 3 is 3.12 bits per heavy atom. The van der Waals surface area contributed by atoms with Crippen LogP contribution >= 0.6 is 0 Å². The van der Waals surface area contributed by atoms with Gasteiger partial charge in [-0.3, -0.25) is 4.98 Å². The van der Waals surface area contributed by atoms with Crippen LogP contribution in [0, 0.1) is 0 Å². The molecule has 1 atom stereocenters. The summed E-state index contributed by atoms with van der Waals surface area (Å²) in [5.74, 6) is 0.507. The average molecular weight is 214 g/mol. The summed E-state index contributed by atoms with van der Waals surface area (Å²) in [4.78, 5) is 8.21. The van der Waals surface area contributed by atoms with Gasteiger partial charge in [-0.15, -0.1) is 0 Å². The molecule has 1 aliphatic rings. The van der Waals surface area contributed by atoms with Gasteiger partial charge in [0.05, 0.1) is 18.2 Å². The Balaban J connectivity index is 1.92. The van der Waals surface area contributed by atoms with Gasteiger partial charge in [0.25, 0.3) is 0 Å². The van der Waals surface area contributed by atoms with Crippen LogP contribution in [0.2, 0.25) is 0 Å². The molecule has 3 rings (SSSR count). The van der Waals surface area contributed by atoms with Gasteiger partial charge in [-0.25, -0.2) is 4.98 Å². The highest BCUT2D eigenvalue weighted by Crippen LogP contribution is 2.31. The van der Waals surface area contributed by atoms with E-state index in [1.54, 1.807) is 6.20 Å². The lowest BCUT2D eigenvalue weighted by Gasteiger charge is -2.24. The van der Waals surface area contributed by atoms with Crippen LogP contribution in [-0.2, 0) is 13.0 Å². The lowest BCUT2D eigenvalue weighted by molar-refractivity contribution is 0.475. The summed E-state index contributed by atoms with van der Waals surface area (Å²) in [6.07, 6.45) is 9.55. The summed E-state index contributed by atoms with van der Waals surface area (Å²) in [6.45, 7) is 1.03. The van der Waals surface area contributed by atoms with E-state index >= 15 is 0 Å². The van der Waals surface area contributed by atoms with E-state index in [1.807, 2.05) is 24.8 Å². The number of aryl methyl sites for hydroxylation is 1. The maximum absolute atomic E-state index is 5.96. The predicted octanol–water partition coefficient (Wildman–Crippen LogP) is 1.59. The SMILES string of the molecule is Nc1cnccc1C1CCn2cncc2C1. The highest BCUT2D eigenvalue weighted by atomic mass is 15.0. The zero-order valence-electron chi connectivity index (χ0n) is 9.00. The molecule has 0 aromatic carbocycles.